The van der Waals surface area contributed by atoms with E-state index in [1.165, 1.54) is 14.2 Å². The van der Waals surface area contributed by atoms with Crippen LogP contribution in [-0.4, -0.2) is 39.2 Å². The van der Waals surface area contributed by atoms with Crippen molar-refractivity contribution >= 4 is 17.6 Å². The van der Waals surface area contributed by atoms with E-state index < -0.39 is 0 Å². The van der Waals surface area contributed by atoms with Gasteiger partial charge in [0.25, 0.3) is 0 Å². The van der Waals surface area contributed by atoms with Crippen molar-refractivity contribution in [2.45, 2.75) is 19.3 Å². The first-order chi connectivity index (χ1) is 14.1. The number of ether oxygens (including phenoxy) is 3. The van der Waals surface area contributed by atoms with Gasteiger partial charge in [-0.05, 0) is 48.7 Å². The number of carbonyl (C=O) groups is 2. The van der Waals surface area contributed by atoms with Crippen molar-refractivity contribution < 1.29 is 23.8 Å². The molecule has 0 aromatic heterocycles. The number of rotatable bonds is 7. The van der Waals surface area contributed by atoms with Crippen LogP contribution in [0.4, 0.5) is 5.69 Å². The van der Waals surface area contributed by atoms with E-state index in [9.17, 15) is 9.59 Å². The van der Waals surface area contributed by atoms with E-state index in [0.717, 1.165) is 11.3 Å². The molecule has 7 nitrogen and oxygen atoms in total. The number of hydrogen-bond acceptors (Lipinski definition) is 6. The molecule has 1 amide bonds. The minimum absolute atomic E-state index is 0.0185. The van der Waals surface area contributed by atoms with E-state index in [0.29, 0.717) is 55.0 Å². The summed E-state index contributed by atoms with van der Waals surface area (Å²) in [7, 11) is 2.87. The normalized spacial score (nSPS) is 12.1. The van der Waals surface area contributed by atoms with Crippen LogP contribution in [0, 0.1) is 11.3 Å². The molecule has 150 valence electrons. The summed E-state index contributed by atoms with van der Waals surface area (Å²) in [6.45, 7) is 0.957. The third-order valence-electron chi connectivity index (χ3n) is 4.78. The maximum absolute atomic E-state index is 12.6. The lowest BCUT2D eigenvalue weighted by Gasteiger charge is -2.18. The van der Waals surface area contributed by atoms with Crippen LogP contribution in [0.15, 0.2) is 36.4 Å². The summed E-state index contributed by atoms with van der Waals surface area (Å²) in [5, 5.41) is 8.94. The lowest BCUT2D eigenvalue weighted by atomic mass is 10.1. The second-order valence-corrected chi connectivity index (χ2v) is 6.56. The van der Waals surface area contributed by atoms with Crippen molar-refractivity contribution in [3.8, 4) is 17.6 Å². The van der Waals surface area contributed by atoms with Gasteiger partial charge in [0.05, 0.1) is 38.0 Å². The topological polar surface area (TPSA) is 88.9 Å². The Kier molecular flexibility index (Phi) is 6.35. The van der Waals surface area contributed by atoms with E-state index in [2.05, 4.69) is 6.07 Å². The van der Waals surface area contributed by atoms with Gasteiger partial charge in [0.15, 0.2) is 11.5 Å². The average Bonchev–Trinajstić information content (AvgIpc) is 3.19. The van der Waals surface area contributed by atoms with Crippen LogP contribution in [0.5, 0.6) is 11.5 Å². The fraction of sp³-hybridized carbons (Fsp3) is 0.318. The summed E-state index contributed by atoms with van der Waals surface area (Å²) in [5.41, 5.74) is 2.80. The summed E-state index contributed by atoms with van der Waals surface area (Å²) >= 11 is 0. The first-order valence-corrected chi connectivity index (χ1v) is 9.30. The number of hydrogen-bond donors (Lipinski definition) is 0. The Balaban J connectivity index is 1.54. The molecule has 0 atom stereocenters. The van der Waals surface area contributed by atoms with Gasteiger partial charge in [-0.3, -0.25) is 4.79 Å². The van der Waals surface area contributed by atoms with Crippen LogP contribution in [-0.2, 0) is 16.0 Å². The molecule has 2 aromatic carbocycles. The van der Waals surface area contributed by atoms with E-state index in [-0.39, 0.29) is 11.9 Å². The second kappa shape index (κ2) is 9.11. The highest BCUT2D eigenvalue weighted by atomic mass is 16.5. The predicted octanol–water partition coefficient (Wildman–Crippen LogP) is 3.10. The Labute approximate surface area is 169 Å². The molecule has 3 rings (SSSR count). The Bertz CT molecular complexity index is 964. The third kappa shape index (κ3) is 4.49. The molecule has 29 heavy (non-hydrogen) atoms. The lowest BCUT2D eigenvalue weighted by Crippen LogP contribution is -2.28. The zero-order valence-electron chi connectivity index (χ0n) is 16.4. The Morgan fingerprint density at radius 2 is 1.97 bits per heavy atom. The molecule has 2 aromatic rings. The van der Waals surface area contributed by atoms with Crippen LogP contribution in [0.25, 0.3) is 0 Å². The molecule has 1 heterocycles. The van der Waals surface area contributed by atoms with Crippen LogP contribution in [0.2, 0.25) is 0 Å². The number of methoxy groups -OCH3 is 2. The van der Waals surface area contributed by atoms with E-state index >= 15 is 0 Å². The van der Waals surface area contributed by atoms with Crippen molar-refractivity contribution in [3.05, 3.63) is 53.1 Å². The number of benzene rings is 2. The second-order valence-electron chi connectivity index (χ2n) is 6.56. The van der Waals surface area contributed by atoms with Crippen LogP contribution in [0.1, 0.15) is 34.3 Å². The molecule has 0 N–H and O–H groups in total. The molecule has 0 unspecified atom stereocenters. The van der Waals surface area contributed by atoms with Gasteiger partial charge in [-0.1, -0.05) is 0 Å². The Morgan fingerprint density at radius 1 is 1.14 bits per heavy atom. The summed E-state index contributed by atoms with van der Waals surface area (Å²) in [5.74, 6) is 0.670. The monoisotopic (exact) mass is 394 g/mol. The van der Waals surface area contributed by atoms with Gasteiger partial charge in [0.2, 0.25) is 5.91 Å². The zero-order valence-corrected chi connectivity index (χ0v) is 16.4. The van der Waals surface area contributed by atoms with Crippen LogP contribution in [0.3, 0.4) is 0 Å². The van der Waals surface area contributed by atoms with Gasteiger partial charge >= 0.3 is 5.97 Å². The summed E-state index contributed by atoms with van der Waals surface area (Å²) in [4.78, 5) is 26.0. The van der Waals surface area contributed by atoms with E-state index in [4.69, 9.17) is 19.5 Å². The highest BCUT2D eigenvalue weighted by Crippen LogP contribution is 2.30. The summed E-state index contributed by atoms with van der Waals surface area (Å²) in [6.07, 6.45) is 1.61. The Morgan fingerprint density at radius 3 is 2.69 bits per heavy atom. The molecular formula is C22H22N2O5. The Hall–Kier alpha value is -3.53. The zero-order chi connectivity index (χ0) is 20.8. The van der Waals surface area contributed by atoms with Crippen molar-refractivity contribution in [2.24, 2.45) is 0 Å². The lowest BCUT2D eigenvalue weighted by molar-refractivity contribution is -0.118. The molecule has 0 saturated heterocycles. The highest BCUT2D eigenvalue weighted by Gasteiger charge is 2.25. The third-order valence-corrected chi connectivity index (χ3v) is 4.78. The maximum Gasteiger partial charge on any atom is 0.337 e. The minimum Gasteiger partial charge on any atom is -0.493 e. The molecule has 0 bridgehead atoms. The number of fused-ring (bicyclic) bond motifs is 1. The van der Waals surface area contributed by atoms with Gasteiger partial charge < -0.3 is 19.1 Å². The number of nitriles is 1. The van der Waals surface area contributed by atoms with Crippen LogP contribution >= 0.6 is 0 Å². The van der Waals surface area contributed by atoms with Gasteiger partial charge in [-0.2, -0.15) is 5.26 Å². The first-order valence-electron chi connectivity index (χ1n) is 9.30. The summed E-state index contributed by atoms with van der Waals surface area (Å²) in [6, 6.07) is 12.3. The van der Waals surface area contributed by atoms with Gasteiger partial charge in [-0.25, -0.2) is 4.79 Å². The predicted molar refractivity (Wildman–Crippen MR) is 106 cm³/mol. The van der Waals surface area contributed by atoms with Gasteiger partial charge in [0, 0.05) is 24.7 Å². The number of esters is 1. The number of anilines is 1. The van der Waals surface area contributed by atoms with Crippen molar-refractivity contribution in [1.82, 2.24) is 0 Å². The average molecular weight is 394 g/mol. The minimum atomic E-state index is -0.382. The molecule has 7 heteroatoms. The van der Waals surface area contributed by atoms with Crippen molar-refractivity contribution in [2.75, 3.05) is 32.3 Å². The largest absolute Gasteiger partial charge is 0.493 e. The summed E-state index contributed by atoms with van der Waals surface area (Å²) < 4.78 is 15.7. The fourth-order valence-corrected chi connectivity index (χ4v) is 3.30. The first kappa shape index (κ1) is 20.2. The molecule has 0 saturated carbocycles. The molecule has 0 aliphatic carbocycles. The van der Waals surface area contributed by atoms with Gasteiger partial charge in [0.1, 0.15) is 0 Å². The highest BCUT2D eigenvalue weighted by molar-refractivity contribution is 5.97. The van der Waals surface area contributed by atoms with E-state index in [1.807, 2.05) is 0 Å². The fourth-order valence-electron chi connectivity index (χ4n) is 3.30. The van der Waals surface area contributed by atoms with Crippen LogP contribution < -0.4 is 14.4 Å². The number of nitrogens with zero attached hydrogens (tertiary/aromatic N) is 2. The SMILES string of the molecule is COC(=O)c1ccc2c(c1)CCN2C(=O)CCCOc1ccc(C#N)cc1OC. The standard InChI is InChI=1S/C22H22N2O5/c1-27-20-12-15(14-23)5-8-19(20)29-11-3-4-21(25)24-10-9-16-13-17(22(26)28-2)6-7-18(16)24/h5-8,12-13H,3-4,9-11H2,1-2H3. The molecule has 1 aliphatic heterocycles. The number of amides is 1. The maximum atomic E-state index is 12.6. The van der Waals surface area contributed by atoms with Crippen molar-refractivity contribution in [1.29, 1.82) is 5.26 Å². The van der Waals surface area contributed by atoms with Gasteiger partial charge in [-0.15, -0.1) is 0 Å². The molecule has 0 radical (unpaired) electrons. The quantitative estimate of drug-likeness (QED) is 0.530. The molecular weight excluding hydrogens is 372 g/mol. The molecule has 1 aliphatic rings. The number of carbonyl (C=O) groups excluding carboxylic acids is 2. The molecule has 0 fully saturated rings. The molecule has 0 spiro atoms. The van der Waals surface area contributed by atoms with Crippen molar-refractivity contribution in [3.63, 3.8) is 0 Å². The smallest absolute Gasteiger partial charge is 0.337 e. The van der Waals surface area contributed by atoms with E-state index in [1.54, 1.807) is 41.3 Å².